The Kier molecular flexibility index (Phi) is 30.2. The summed E-state index contributed by atoms with van der Waals surface area (Å²) in [4.78, 5) is 25.5. The smallest absolute Gasteiger partial charge is 0.306 e. The van der Waals surface area contributed by atoms with E-state index in [9.17, 15) is 45.3 Å². The molecule has 15 nitrogen and oxygen atoms in total. The van der Waals surface area contributed by atoms with Gasteiger partial charge in [0.25, 0.3) is 0 Å². The van der Waals surface area contributed by atoms with Crippen molar-refractivity contribution in [3.05, 3.63) is 24.3 Å². The molecule has 2 aliphatic rings. The van der Waals surface area contributed by atoms with Crippen LogP contribution in [0.25, 0.3) is 0 Å². The van der Waals surface area contributed by atoms with Crippen LogP contribution in [0.2, 0.25) is 0 Å². The second-order valence-electron chi connectivity index (χ2n) is 16.2. The van der Waals surface area contributed by atoms with Gasteiger partial charge in [0.05, 0.1) is 19.8 Å². The second-order valence-corrected chi connectivity index (χ2v) is 16.2. The Morgan fingerprint density at radius 2 is 1.00 bits per heavy atom. The molecule has 2 aliphatic heterocycles. The summed E-state index contributed by atoms with van der Waals surface area (Å²) in [5.74, 6) is -0.965. The van der Waals surface area contributed by atoms with E-state index in [2.05, 4.69) is 38.2 Å². The minimum Gasteiger partial charge on any atom is -0.462 e. The van der Waals surface area contributed by atoms with Crippen molar-refractivity contribution < 1.29 is 73.8 Å². The van der Waals surface area contributed by atoms with Crippen molar-refractivity contribution in [1.29, 1.82) is 0 Å². The topological polar surface area (TPSA) is 231 Å². The van der Waals surface area contributed by atoms with Gasteiger partial charge in [-0.15, -0.1) is 0 Å². The fourth-order valence-electron chi connectivity index (χ4n) is 7.07. The van der Waals surface area contributed by atoms with E-state index >= 15 is 0 Å². The number of carbonyl (C=O) groups excluding carboxylic acids is 2. The largest absolute Gasteiger partial charge is 0.462 e. The van der Waals surface area contributed by atoms with E-state index in [-0.39, 0.29) is 26.1 Å². The first-order valence-corrected chi connectivity index (χ1v) is 22.9. The summed E-state index contributed by atoms with van der Waals surface area (Å²) in [5, 5.41) is 71.8. The Hall–Kier alpha value is -2.02. The number of esters is 2. The van der Waals surface area contributed by atoms with Crippen molar-refractivity contribution in [2.24, 2.45) is 0 Å². The van der Waals surface area contributed by atoms with Crippen LogP contribution >= 0.6 is 0 Å². The van der Waals surface area contributed by atoms with Crippen molar-refractivity contribution in [3.63, 3.8) is 0 Å². The van der Waals surface area contributed by atoms with Gasteiger partial charge >= 0.3 is 11.9 Å². The van der Waals surface area contributed by atoms with E-state index in [1.807, 2.05) is 0 Å². The number of unbranched alkanes of at least 4 members (excludes halogenated alkanes) is 16. The monoisotopic (exact) mass is 861 g/mol. The first-order chi connectivity index (χ1) is 29.0. The Bertz CT molecular complexity index is 1150. The van der Waals surface area contributed by atoms with Crippen molar-refractivity contribution in [2.75, 3.05) is 26.4 Å². The summed E-state index contributed by atoms with van der Waals surface area (Å²) in [6, 6.07) is 0. The molecule has 2 heterocycles. The summed E-state index contributed by atoms with van der Waals surface area (Å²) in [5.41, 5.74) is 0. The van der Waals surface area contributed by atoms with Crippen LogP contribution in [0.4, 0.5) is 0 Å². The summed E-state index contributed by atoms with van der Waals surface area (Å²) in [7, 11) is 0. The molecule has 350 valence electrons. The highest BCUT2D eigenvalue weighted by molar-refractivity contribution is 5.70. The predicted octanol–water partition coefficient (Wildman–Crippen LogP) is 4.82. The molecule has 2 saturated heterocycles. The first-order valence-electron chi connectivity index (χ1n) is 22.9. The summed E-state index contributed by atoms with van der Waals surface area (Å²) >= 11 is 0. The molecule has 0 aliphatic carbocycles. The maximum atomic E-state index is 12.9. The number of ether oxygens (including phenoxy) is 6. The van der Waals surface area contributed by atoms with Crippen molar-refractivity contribution >= 4 is 11.9 Å². The van der Waals surface area contributed by atoms with Gasteiger partial charge in [-0.05, 0) is 44.9 Å². The van der Waals surface area contributed by atoms with Crippen LogP contribution in [0.5, 0.6) is 0 Å². The van der Waals surface area contributed by atoms with Gasteiger partial charge in [0.15, 0.2) is 18.7 Å². The Morgan fingerprint density at radius 3 is 1.58 bits per heavy atom. The van der Waals surface area contributed by atoms with Crippen molar-refractivity contribution in [1.82, 2.24) is 0 Å². The predicted molar refractivity (Wildman–Crippen MR) is 224 cm³/mol. The lowest BCUT2D eigenvalue weighted by Crippen LogP contribution is -2.61. The quantitative estimate of drug-likeness (QED) is 0.0261. The van der Waals surface area contributed by atoms with Crippen LogP contribution in [0.1, 0.15) is 155 Å². The highest BCUT2D eigenvalue weighted by Crippen LogP contribution is 2.26. The SMILES string of the molecule is CCCCCCCC/C=C/C/C=C/CCCCC(=O)OC[C@H](CO[C@@H]1O[C@H](CO[C@@H]2O[C@H](CO)[C@H](O)C(O)C2O)[C@H](O)C(O)C1O)OC(=O)CCCCCCCCCCC. The maximum Gasteiger partial charge on any atom is 0.306 e. The van der Waals surface area contributed by atoms with Crippen LogP contribution in [0.3, 0.4) is 0 Å². The minimum atomic E-state index is -1.76. The Labute approximate surface area is 358 Å². The van der Waals surface area contributed by atoms with Gasteiger partial charge in [-0.1, -0.05) is 122 Å². The molecule has 15 heteroatoms. The van der Waals surface area contributed by atoms with E-state index in [4.69, 9.17) is 28.4 Å². The van der Waals surface area contributed by atoms with Gasteiger partial charge in [0.1, 0.15) is 55.4 Å². The number of aliphatic hydroxyl groups excluding tert-OH is 7. The van der Waals surface area contributed by atoms with E-state index < -0.39 is 92.7 Å². The summed E-state index contributed by atoms with van der Waals surface area (Å²) in [6.45, 7) is 2.50. The molecule has 0 saturated carbocycles. The van der Waals surface area contributed by atoms with Crippen molar-refractivity contribution in [2.45, 2.75) is 223 Å². The number of rotatable bonds is 34. The number of carbonyl (C=O) groups is 2. The van der Waals surface area contributed by atoms with Gasteiger partial charge in [-0.25, -0.2) is 0 Å². The lowest BCUT2D eigenvalue weighted by Gasteiger charge is -2.42. The van der Waals surface area contributed by atoms with Crippen molar-refractivity contribution in [3.8, 4) is 0 Å². The molecule has 0 amide bonds. The normalized spacial score (nSPS) is 27.8. The van der Waals surface area contributed by atoms with Gasteiger partial charge < -0.3 is 64.2 Å². The third kappa shape index (κ3) is 22.4. The van der Waals surface area contributed by atoms with Crippen LogP contribution < -0.4 is 0 Å². The molecule has 4 unspecified atom stereocenters. The van der Waals surface area contributed by atoms with Gasteiger partial charge in [0, 0.05) is 12.8 Å². The van der Waals surface area contributed by atoms with E-state index in [0.717, 1.165) is 44.9 Å². The molecule has 2 fully saturated rings. The average Bonchev–Trinajstić information content (AvgIpc) is 3.24. The van der Waals surface area contributed by atoms with Gasteiger partial charge in [-0.2, -0.15) is 0 Å². The first kappa shape index (κ1) is 54.1. The summed E-state index contributed by atoms with van der Waals surface area (Å²) in [6.07, 6.45) is 13.8. The minimum absolute atomic E-state index is 0.160. The summed E-state index contributed by atoms with van der Waals surface area (Å²) < 4.78 is 33.4. The number of hydrogen-bond acceptors (Lipinski definition) is 15. The number of aliphatic hydroxyl groups is 7. The zero-order valence-corrected chi connectivity index (χ0v) is 36.4. The molecule has 7 N–H and O–H groups in total. The molecule has 0 radical (unpaired) electrons. The number of allylic oxidation sites excluding steroid dienone is 4. The lowest BCUT2D eigenvalue weighted by atomic mass is 9.98. The average molecular weight is 861 g/mol. The van der Waals surface area contributed by atoms with Gasteiger partial charge in [-0.3, -0.25) is 9.59 Å². The maximum absolute atomic E-state index is 12.9. The fourth-order valence-corrected chi connectivity index (χ4v) is 7.07. The highest BCUT2D eigenvalue weighted by Gasteiger charge is 2.47. The molecular weight excluding hydrogens is 780 g/mol. The van der Waals surface area contributed by atoms with E-state index in [1.165, 1.54) is 70.6 Å². The highest BCUT2D eigenvalue weighted by atomic mass is 16.7. The standard InChI is InChI=1S/C45H80O15/c1-3-5-7-9-11-13-14-15-16-17-18-20-21-23-25-27-36(47)55-30-33(58-37(48)28-26-24-22-19-12-10-8-6-4-2)31-56-44-43(54)41(52)39(50)35(60-44)32-57-45-42(53)40(51)38(49)34(29-46)59-45/h15-16,18,20,33-35,38-46,49-54H,3-14,17,19,21-32H2,1-2H3/b16-15+,20-18+/t33-,34-,35-,38+,39+,40?,41?,42?,43?,44-,45-/m1/s1. The van der Waals surface area contributed by atoms with Crippen LogP contribution in [0, 0.1) is 0 Å². The Morgan fingerprint density at radius 1 is 0.533 bits per heavy atom. The zero-order valence-electron chi connectivity index (χ0n) is 36.4. The zero-order chi connectivity index (χ0) is 44.0. The lowest BCUT2D eigenvalue weighted by molar-refractivity contribution is -0.332. The third-order valence-corrected chi connectivity index (χ3v) is 10.9. The molecule has 0 aromatic heterocycles. The molecule has 0 aromatic carbocycles. The second kappa shape index (κ2) is 33.5. The molecule has 2 rings (SSSR count). The van der Waals surface area contributed by atoms with E-state index in [1.54, 1.807) is 0 Å². The fraction of sp³-hybridized carbons (Fsp3) is 0.867. The van der Waals surface area contributed by atoms with Crippen LogP contribution in [-0.4, -0.2) is 142 Å². The molecule has 0 aromatic rings. The van der Waals surface area contributed by atoms with Gasteiger partial charge in [0.2, 0.25) is 0 Å². The molecular formula is C45H80O15. The molecule has 11 atom stereocenters. The number of hydrogen-bond donors (Lipinski definition) is 7. The van der Waals surface area contributed by atoms with E-state index in [0.29, 0.717) is 12.8 Å². The third-order valence-electron chi connectivity index (χ3n) is 10.9. The molecule has 60 heavy (non-hydrogen) atoms. The Balaban J connectivity index is 1.86. The van der Waals surface area contributed by atoms with Crippen LogP contribution in [-0.2, 0) is 38.0 Å². The van der Waals surface area contributed by atoms with Crippen LogP contribution in [0.15, 0.2) is 24.3 Å². The molecule has 0 spiro atoms. The molecule has 0 bridgehead atoms.